The van der Waals surface area contributed by atoms with Crippen molar-refractivity contribution in [3.8, 4) is 5.75 Å². The van der Waals surface area contributed by atoms with Crippen molar-refractivity contribution < 1.29 is 17.9 Å². The van der Waals surface area contributed by atoms with Gasteiger partial charge in [0.15, 0.2) is 0 Å². The van der Waals surface area contributed by atoms with Gasteiger partial charge in [-0.1, -0.05) is 23.7 Å². The third-order valence-corrected chi connectivity index (χ3v) is 4.63. The number of anilines is 2. The average Bonchev–Trinajstić information content (AvgIpc) is 2.55. The van der Waals surface area contributed by atoms with E-state index in [2.05, 4.69) is 5.32 Å². The fourth-order valence-electron chi connectivity index (χ4n) is 2.19. The molecular formula is C17H19ClN2O4S. The minimum absolute atomic E-state index is 0.318. The third kappa shape index (κ3) is 5.37. The summed E-state index contributed by atoms with van der Waals surface area (Å²) in [5.41, 5.74) is 0.846. The molecule has 2 aromatic carbocycles. The van der Waals surface area contributed by atoms with Gasteiger partial charge >= 0.3 is 0 Å². The normalized spacial score (nSPS) is 11.0. The van der Waals surface area contributed by atoms with Crippen LogP contribution in [-0.4, -0.2) is 33.7 Å². The van der Waals surface area contributed by atoms with Crippen molar-refractivity contribution >= 4 is 38.9 Å². The largest absolute Gasteiger partial charge is 0.492 e. The Kier molecular flexibility index (Phi) is 6.27. The second kappa shape index (κ2) is 8.22. The number of hydrogen-bond donors (Lipinski definition) is 1. The molecule has 2 aromatic rings. The molecule has 0 aromatic heterocycles. The molecule has 25 heavy (non-hydrogen) atoms. The van der Waals surface area contributed by atoms with Gasteiger partial charge in [0.25, 0.3) is 0 Å². The molecule has 134 valence electrons. The topological polar surface area (TPSA) is 75.7 Å². The van der Waals surface area contributed by atoms with Gasteiger partial charge in [0.2, 0.25) is 15.9 Å². The van der Waals surface area contributed by atoms with Crippen LogP contribution in [0, 0.1) is 0 Å². The molecule has 0 aliphatic heterocycles. The number of nitrogens with zero attached hydrogens (tertiary/aromatic N) is 1. The summed E-state index contributed by atoms with van der Waals surface area (Å²) in [6.07, 6.45) is 1.05. The van der Waals surface area contributed by atoms with E-state index in [9.17, 15) is 13.2 Å². The van der Waals surface area contributed by atoms with Crippen LogP contribution in [-0.2, 0) is 14.8 Å². The Balaban J connectivity index is 2.24. The highest BCUT2D eigenvalue weighted by molar-refractivity contribution is 7.92. The summed E-state index contributed by atoms with van der Waals surface area (Å²) < 4.78 is 30.9. The van der Waals surface area contributed by atoms with Gasteiger partial charge in [0.05, 0.1) is 18.6 Å². The first-order valence-electron chi connectivity index (χ1n) is 7.56. The Morgan fingerprint density at radius 3 is 2.40 bits per heavy atom. The third-order valence-electron chi connectivity index (χ3n) is 3.25. The molecule has 0 bridgehead atoms. The number of ether oxygens (including phenoxy) is 1. The number of rotatable bonds is 7. The standard InChI is InChI=1S/C17H19ClN2O4S/c1-3-24-16-7-5-4-6-15(16)20(25(2,22)23)12-17(21)19-14-10-8-13(18)9-11-14/h4-11H,3,12H2,1-2H3,(H,19,21). The zero-order valence-corrected chi connectivity index (χ0v) is 15.5. The van der Waals surface area contributed by atoms with Gasteiger partial charge < -0.3 is 10.1 Å². The number of sulfonamides is 1. The summed E-state index contributed by atoms with van der Waals surface area (Å²) in [5.74, 6) is -0.0752. The molecule has 0 atom stereocenters. The van der Waals surface area contributed by atoms with Gasteiger partial charge in [-0.05, 0) is 43.3 Å². The number of carbonyl (C=O) groups is 1. The van der Waals surface area contributed by atoms with Crippen LogP contribution in [0.2, 0.25) is 5.02 Å². The smallest absolute Gasteiger partial charge is 0.245 e. The molecule has 0 saturated carbocycles. The zero-order chi connectivity index (χ0) is 18.4. The lowest BCUT2D eigenvalue weighted by molar-refractivity contribution is -0.114. The lowest BCUT2D eigenvalue weighted by atomic mass is 10.3. The van der Waals surface area contributed by atoms with Crippen LogP contribution in [0.4, 0.5) is 11.4 Å². The molecule has 0 aliphatic carbocycles. The van der Waals surface area contributed by atoms with Crippen molar-refractivity contribution in [2.75, 3.05) is 29.0 Å². The predicted molar refractivity (Wildman–Crippen MR) is 99.9 cm³/mol. The second-order valence-corrected chi connectivity index (χ2v) is 7.57. The first kappa shape index (κ1) is 19.1. The average molecular weight is 383 g/mol. The van der Waals surface area contributed by atoms with Crippen LogP contribution in [0.25, 0.3) is 0 Å². The van der Waals surface area contributed by atoms with Crippen LogP contribution in [0.5, 0.6) is 5.75 Å². The fourth-order valence-corrected chi connectivity index (χ4v) is 3.17. The van der Waals surface area contributed by atoms with Crippen molar-refractivity contribution in [3.05, 3.63) is 53.6 Å². The summed E-state index contributed by atoms with van der Waals surface area (Å²) in [4.78, 5) is 12.3. The van der Waals surface area contributed by atoms with Crippen LogP contribution in [0.1, 0.15) is 6.92 Å². The van der Waals surface area contributed by atoms with Crippen molar-refractivity contribution in [3.63, 3.8) is 0 Å². The molecule has 0 fully saturated rings. The Morgan fingerprint density at radius 1 is 1.16 bits per heavy atom. The number of para-hydroxylation sites is 2. The van der Waals surface area contributed by atoms with E-state index in [-0.39, 0.29) is 6.54 Å². The van der Waals surface area contributed by atoms with Crippen LogP contribution in [0.15, 0.2) is 48.5 Å². The van der Waals surface area contributed by atoms with Gasteiger partial charge in [0.1, 0.15) is 12.3 Å². The van der Waals surface area contributed by atoms with E-state index in [0.29, 0.717) is 28.8 Å². The maximum Gasteiger partial charge on any atom is 0.245 e. The Morgan fingerprint density at radius 2 is 1.80 bits per heavy atom. The number of amides is 1. The molecule has 1 amide bonds. The summed E-state index contributed by atoms with van der Waals surface area (Å²) >= 11 is 5.81. The fraction of sp³-hybridized carbons (Fsp3) is 0.235. The summed E-state index contributed by atoms with van der Waals surface area (Å²) in [7, 11) is -3.68. The number of hydrogen-bond acceptors (Lipinski definition) is 4. The van der Waals surface area contributed by atoms with E-state index >= 15 is 0 Å². The van der Waals surface area contributed by atoms with Crippen molar-refractivity contribution in [1.29, 1.82) is 0 Å². The SMILES string of the molecule is CCOc1ccccc1N(CC(=O)Nc1ccc(Cl)cc1)S(C)(=O)=O. The molecule has 6 nitrogen and oxygen atoms in total. The number of benzene rings is 2. The predicted octanol–water partition coefficient (Wildman–Crippen LogP) is 3.14. The van der Waals surface area contributed by atoms with Gasteiger partial charge in [-0.3, -0.25) is 9.10 Å². The molecule has 1 N–H and O–H groups in total. The van der Waals surface area contributed by atoms with Crippen molar-refractivity contribution in [2.45, 2.75) is 6.92 Å². The molecule has 0 radical (unpaired) electrons. The van der Waals surface area contributed by atoms with Gasteiger partial charge in [-0.25, -0.2) is 8.42 Å². The minimum Gasteiger partial charge on any atom is -0.492 e. The first-order valence-corrected chi connectivity index (χ1v) is 9.79. The maximum absolute atomic E-state index is 12.3. The van der Waals surface area contributed by atoms with Crippen LogP contribution < -0.4 is 14.4 Å². The Hall–Kier alpha value is -2.25. The first-order chi connectivity index (χ1) is 11.8. The zero-order valence-electron chi connectivity index (χ0n) is 13.9. The Labute approximate surface area is 152 Å². The quantitative estimate of drug-likeness (QED) is 0.798. The van der Waals surface area contributed by atoms with E-state index in [1.807, 2.05) is 0 Å². The van der Waals surface area contributed by atoms with Crippen LogP contribution >= 0.6 is 11.6 Å². The Bertz CT molecular complexity index is 838. The monoisotopic (exact) mass is 382 g/mol. The van der Waals surface area contributed by atoms with Gasteiger partial charge in [0, 0.05) is 10.7 Å². The summed E-state index contributed by atoms with van der Waals surface area (Å²) in [5, 5.41) is 3.19. The highest BCUT2D eigenvalue weighted by atomic mass is 35.5. The molecule has 0 aliphatic rings. The van der Waals surface area contributed by atoms with E-state index in [4.69, 9.17) is 16.3 Å². The van der Waals surface area contributed by atoms with E-state index in [1.54, 1.807) is 55.5 Å². The molecule has 0 spiro atoms. The number of carbonyl (C=O) groups excluding carboxylic acids is 1. The van der Waals surface area contributed by atoms with Crippen molar-refractivity contribution in [1.82, 2.24) is 0 Å². The van der Waals surface area contributed by atoms with E-state index < -0.39 is 15.9 Å². The molecule has 2 rings (SSSR count). The van der Waals surface area contributed by atoms with Crippen LogP contribution in [0.3, 0.4) is 0 Å². The molecule has 0 saturated heterocycles. The molecule has 8 heteroatoms. The highest BCUT2D eigenvalue weighted by Gasteiger charge is 2.23. The lowest BCUT2D eigenvalue weighted by Crippen LogP contribution is -2.37. The molecule has 0 heterocycles. The highest BCUT2D eigenvalue weighted by Crippen LogP contribution is 2.29. The number of nitrogens with one attached hydrogen (secondary N) is 1. The van der Waals surface area contributed by atoms with E-state index in [0.717, 1.165) is 10.6 Å². The van der Waals surface area contributed by atoms with E-state index in [1.165, 1.54) is 0 Å². The van der Waals surface area contributed by atoms with Gasteiger partial charge in [-0.15, -0.1) is 0 Å². The number of halogens is 1. The molecular weight excluding hydrogens is 364 g/mol. The molecule has 0 unspecified atom stereocenters. The minimum atomic E-state index is -3.68. The maximum atomic E-state index is 12.3. The summed E-state index contributed by atoms with van der Waals surface area (Å²) in [6, 6.07) is 13.2. The van der Waals surface area contributed by atoms with Gasteiger partial charge in [-0.2, -0.15) is 0 Å². The van der Waals surface area contributed by atoms with Crippen molar-refractivity contribution in [2.24, 2.45) is 0 Å². The second-order valence-electron chi connectivity index (χ2n) is 5.23. The summed E-state index contributed by atoms with van der Waals surface area (Å²) in [6.45, 7) is 1.81. The lowest BCUT2D eigenvalue weighted by Gasteiger charge is -2.24.